The number of sulfonamides is 1. The topological polar surface area (TPSA) is 131 Å². The summed E-state index contributed by atoms with van der Waals surface area (Å²) in [6.45, 7) is 1.74. The van der Waals surface area contributed by atoms with Crippen LogP contribution in [0.3, 0.4) is 0 Å². The maximum Gasteiger partial charge on any atom is 0.355 e. The van der Waals surface area contributed by atoms with Crippen LogP contribution in [0, 0.1) is 12.7 Å². The van der Waals surface area contributed by atoms with Gasteiger partial charge in [-0.15, -0.1) is 0 Å². The first-order valence-corrected chi connectivity index (χ1v) is 12.3. The van der Waals surface area contributed by atoms with Crippen LogP contribution in [0.2, 0.25) is 0 Å². The molecule has 2 aromatic carbocycles. The maximum atomic E-state index is 13.4. The van der Waals surface area contributed by atoms with Crippen molar-refractivity contribution in [1.29, 1.82) is 0 Å². The Kier molecular flexibility index (Phi) is 7.69. The molecule has 37 heavy (non-hydrogen) atoms. The first-order valence-electron chi connectivity index (χ1n) is 10.8. The van der Waals surface area contributed by atoms with Crippen molar-refractivity contribution in [3.8, 4) is 17.0 Å². The van der Waals surface area contributed by atoms with Crippen LogP contribution < -0.4 is 14.8 Å². The van der Waals surface area contributed by atoms with Crippen molar-refractivity contribution in [3.05, 3.63) is 71.7 Å². The van der Waals surface area contributed by atoms with Crippen molar-refractivity contribution < 1.29 is 35.6 Å². The first-order chi connectivity index (χ1) is 17.6. The highest BCUT2D eigenvalue weighted by Crippen LogP contribution is 2.35. The zero-order valence-electron chi connectivity index (χ0n) is 19.5. The van der Waals surface area contributed by atoms with Gasteiger partial charge in [0.15, 0.2) is 11.6 Å². The predicted molar refractivity (Wildman–Crippen MR) is 129 cm³/mol. The number of ether oxygens (including phenoxy) is 2. The summed E-state index contributed by atoms with van der Waals surface area (Å²) in [5, 5.41) is 13.8. The zero-order chi connectivity index (χ0) is 26.6. The van der Waals surface area contributed by atoms with Gasteiger partial charge in [0.25, 0.3) is 10.0 Å². The Labute approximate surface area is 209 Å². The number of halogens is 3. The highest BCUT2D eigenvalue weighted by molar-refractivity contribution is 7.93. The summed E-state index contributed by atoms with van der Waals surface area (Å²) in [7, 11) is -3.57. The Morgan fingerprint density at radius 3 is 2.49 bits per heavy atom. The second-order valence-corrected chi connectivity index (χ2v) is 9.50. The van der Waals surface area contributed by atoms with Gasteiger partial charge in [-0.05, 0) is 36.8 Å². The number of aromatic amines is 1. The Hall–Kier alpha value is -4.04. The van der Waals surface area contributed by atoms with Gasteiger partial charge in [0.2, 0.25) is 0 Å². The van der Waals surface area contributed by atoms with Crippen LogP contribution >= 0.6 is 0 Å². The normalized spacial score (nSPS) is 12.5. The van der Waals surface area contributed by atoms with Gasteiger partial charge in [-0.2, -0.15) is 13.9 Å². The smallest absolute Gasteiger partial charge is 0.355 e. The van der Waals surface area contributed by atoms with E-state index in [1.54, 1.807) is 19.1 Å². The minimum absolute atomic E-state index is 0.00609. The van der Waals surface area contributed by atoms with Crippen LogP contribution in [0.15, 0.2) is 59.1 Å². The van der Waals surface area contributed by atoms with Crippen LogP contribution in [0.5, 0.6) is 5.75 Å². The standard InChI is InChI=1S/C23H22F3N5O5S/c1-13-9-22(30-36-13)27-21-11-18(28-29-21)15-5-8-17(31-37(32,33)23(25)26)19(10-15)35-20(12-34-2)14-3-6-16(24)7-4-14/h3-11,20,23,31H,12H2,1-2H3,(H2,27,28,29,30)/t20-/m0/s1. The third-order valence-electron chi connectivity index (χ3n) is 5.07. The van der Waals surface area contributed by atoms with E-state index in [2.05, 4.69) is 20.7 Å². The second kappa shape index (κ2) is 10.9. The second-order valence-electron chi connectivity index (χ2n) is 7.85. The van der Waals surface area contributed by atoms with Crippen LogP contribution in [0.25, 0.3) is 11.3 Å². The highest BCUT2D eigenvalue weighted by Gasteiger charge is 2.26. The first kappa shape index (κ1) is 26.0. The Morgan fingerprint density at radius 2 is 1.84 bits per heavy atom. The molecule has 3 N–H and O–H groups in total. The average Bonchev–Trinajstić information content (AvgIpc) is 3.49. The zero-order valence-corrected chi connectivity index (χ0v) is 20.4. The Bertz CT molecular complexity index is 1460. The largest absolute Gasteiger partial charge is 0.481 e. The lowest BCUT2D eigenvalue weighted by Crippen LogP contribution is -2.21. The maximum absolute atomic E-state index is 13.4. The molecule has 2 aromatic heterocycles. The van der Waals surface area contributed by atoms with Crippen molar-refractivity contribution in [3.63, 3.8) is 0 Å². The quantitative estimate of drug-likeness (QED) is 0.244. The molecule has 2 heterocycles. The third-order valence-corrected chi connectivity index (χ3v) is 6.04. The molecule has 4 aromatic rings. The third kappa shape index (κ3) is 6.40. The molecule has 0 saturated carbocycles. The van der Waals surface area contributed by atoms with Crippen molar-refractivity contribution >= 4 is 27.3 Å². The van der Waals surface area contributed by atoms with E-state index in [4.69, 9.17) is 14.0 Å². The minimum Gasteiger partial charge on any atom is -0.481 e. The number of nitrogens with zero attached hydrogens (tertiary/aromatic N) is 2. The lowest BCUT2D eigenvalue weighted by atomic mass is 10.1. The SMILES string of the molecule is COC[C@H](Oc1cc(-c2cc(Nc3cc(C)on3)n[nH]2)ccc1NS(=O)(=O)C(F)F)c1ccc(F)cc1. The fraction of sp³-hybridized carbons (Fsp3) is 0.217. The number of aryl methyl sites for hydroxylation is 1. The Balaban J connectivity index is 1.68. The minimum atomic E-state index is -4.99. The van der Waals surface area contributed by atoms with Crippen LogP contribution in [-0.4, -0.2) is 43.2 Å². The van der Waals surface area contributed by atoms with Crippen molar-refractivity contribution in [2.75, 3.05) is 23.8 Å². The van der Waals surface area contributed by atoms with E-state index >= 15 is 0 Å². The van der Waals surface area contributed by atoms with Crippen molar-refractivity contribution in [1.82, 2.24) is 15.4 Å². The summed E-state index contributed by atoms with van der Waals surface area (Å²) in [4.78, 5) is 0. The summed E-state index contributed by atoms with van der Waals surface area (Å²) in [5.74, 6) is -2.72. The number of hydrogen-bond donors (Lipinski definition) is 3. The van der Waals surface area contributed by atoms with Gasteiger partial charge in [0, 0.05) is 24.8 Å². The molecule has 0 fully saturated rings. The van der Waals surface area contributed by atoms with E-state index in [1.807, 2.05) is 4.72 Å². The summed E-state index contributed by atoms with van der Waals surface area (Å²) >= 11 is 0. The summed E-state index contributed by atoms with van der Waals surface area (Å²) in [5.41, 5.74) is 1.30. The molecule has 0 spiro atoms. The fourth-order valence-electron chi connectivity index (χ4n) is 3.34. The molecule has 0 saturated heterocycles. The van der Waals surface area contributed by atoms with E-state index < -0.39 is 27.7 Å². The van der Waals surface area contributed by atoms with Gasteiger partial charge in [-0.1, -0.05) is 23.4 Å². The van der Waals surface area contributed by atoms with E-state index in [9.17, 15) is 21.6 Å². The van der Waals surface area contributed by atoms with Gasteiger partial charge in [-0.3, -0.25) is 9.82 Å². The van der Waals surface area contributed by atoms with E-state index in [0.29, 0.717) is 34.2 Å². The molecular weight excluding hydrogens is 515 g/mol. The van der Waals surface area contributed by atoms with E-state index in [1.165, 1.54) is 49.6 Å². The number of H-pyrrole nitrogens is 1. The van der Waals surface area contributed by atoms with Crippen LogP contribution in [-0.2, 0) is 14.8 Å². The van der Waals surface area contributed by atoms with Gasteiger partial charge in [-0.25, -0.2) is 12.8 Å². The molecule has 14 heteroatoms. The van der Waals surface area contributed by atoms with Crippen molar-refractivity contribution in [2.24, 2.45) is 0 Å². The van der Waals surface area contributed by atoms with Crippen molar-refractivity contribution in [2.45, 2.75) is 18.8 Å². The highest BCUT2D eigenvalue weighted by atomic mass is 32.2. The molecular formula is C23H22F3N5O5S. The summed E-state index contributed by atoms with van der Waals surface area (Å²) in [6, 6.07) is 13.0. The van der Waals surface area contributed by atoms with Gasteiger partial charge in [0.05, 0.1) is 18.0 Å². The lowest BCUT2D eigenvalue weighted by Gasteiger charge is -2.22. The fourth-order valence-corrected chi connectivity index (χ4v) is 3.90. The predicted octanol–water partition coefficient (Wildman–Crippen LogP) is 4.99. The molecule has 0 amide bonds. The molecule has 10 nitrogen and oxygen atoms in total. The number of methoxy groups -OCH3 is 1. The molecule has 4 rings (SSSR count). The molecule has 0 unspecified atom stereocenters. The lowest BCUT2D eigenvalue weighted by molar-refractivity contribution is 0.0815. The monoisotopic (exact) mass is 537 g/mol. The molecule has 0 radical (unpaired) electrons. The number of anilines is 3. The number of benzene rings is 2. The van der Waals surface area contributed by atoms with E-state index in [-0.39, 0.29) is 18.0 Å². The molecule has 0 aliphatic heterocycles. The number of hydrogen-bond acceptors (Lipinski definition) is 8. The van der Waals surface area contributed by atoms with Gasteiger partial charge >= 0.3 is 5.76 Å². The van der Waals surface area contributed by atoms with Gasteiger partial charge < -0.3 is 19.3 Å². The number of alkyl halides is 2. The molecule has 0 aliphatic carbocycles. The average molecular weight is 538 g/mol. The molecule has 0 aliphatic rings. The molecule has 196 valence electrons. The summed E-state index contributed by atoms with van der Waals surface area (Å²) < 4.78 is 81.4. The number of aromatic nitrogens is 3. The van der Waals surface area contributed by atoms with Crippen LogP contribution in [0.4, 0.5) is 30.5 Å². The van der Waals surface area contributed by atoms with Crippen LogP contribution in [0.1, 0.15) is 17.4 Å². The number of rotatable bonds is 11. The molecule has 0 bridgehead atoms. The Morgan fingerprint density at radius 1 is 1.08 bits per heavy atom. The van der Waals surface area contributed by atoms with Gasteiger partial charge in [0.1, 0.15) is 23.4 Å². The number of nitrogens with one attached hydrogen (secondary N) is 3. The summed E-state index contributed by atoms with van der Waals surface area (Å²) in [6.07, 6.45) is -0.815. The van der Waals surface area contributed by atoms with E-state index in [0.717, 1.165) is 0 Å². The molecule has 1 atom stereocenters.